The maximum absolute atomic E-state index is 6.51. The molecule has 8 nitrogen and oxygen atoms in total. The van der Waals surface area contributed by atoms with Crippen LogP contribution in [-0.2, 0) is 14.2 Å². The molecule has 0 bridgehead atoms. The van der Waals surface area contributed by atoms with Crippen LogP contribution in [0.2, 0.25) is 5.15 Å². The minimum Gasteiger partial charge on any atom is -0.357 e. The lowest BCUT2D eigenvalue weighted by molar-refractivity contribution is -0.157. The molecule has 1 aromatic carbocycles. The fourth-order valence-corrected chi connectivity index (χ4v) is 6.48. The monoisotopic (exact) mass is 519 g/mol. The molecule has 0 spiro atoms. The zero-order valence-electron chi connectivity index (χ0n) is 21.0. The van der Waals surface area contributed by atoms with Gasteiger partial charge in [0, 0.05) is 30.5 Å². The van der Waals surface area contributed by atoms with Crippen molar-refractivity contribution in [3.63, 3.8) is 0 Å². The van der Waals surface area contributed by atoms with Crippen molar-refractivity contribution in [2.45, 2.75) is 75.7 Å². The SMILES string of the molecule is CC1(C)O[C@@H]2[C@H](O1)[C@@H](c1cccc(-c3cnn(C4CCCCO4)c3)c1)C[C@H]2n1ccc2c(Cl)ncnc21. The highest BCUT2D eigenvalue weighted by atomic mass is 35.5. The van der Waals surface area contributed by atoms with Crippen LogP contribution in [0.25, 0.3) is 22.2 Å². The van der Waals surface area contributed by atoms with Crippen molar-refractivity contribution in [2.75, 3.05) is 6.61 Å². The second-order valence-corrected chi connectivity index (χ2v) is 11.1. The van der Waals surface area contributed by atoms with Crippen molar-refractivity contribution < 1.29 is 14.2 Å². The number of aromatic nitrogens is 5. The van der Waals surface area contributed by atoms with E-state index < -0.39 is 5.79 Å². The van der Waals surface area contributed by atoms with E-state index in [4.69, 9.17) is 25.8 Å². The molecular formula is C28H30ClN5O3. The molecule has 0 N–H and O–H groups in total. The van der Waals surface area contributed by atoms with Gasteiger partial charge < -0.3 is 18.8 Å². The van der Waals surface area contributed by atoms with Gasteiger partial charge in [0.25, 0.3) is 0 Å². The van der Waals surface area contributed by atoms with Crippen molar-refractivity contribution in [2.24, 2.45) is 0 Å². The normalized spacial score (nSPS) is 29.1. The van der Waals surface area contributed by atoms with E-state index in [1.54, 1.807) is 0 Å². The van der Waals surface area contributed by atoms with Crippen LogP contribution in [0.3, 0.4) is 0 Å². The number of benzene rings is 1. The lowest BCUT2D eigenvalue weighted by Crippen LogP contribution is -2.27. The standard InChI is InChI=1S/C28H30ClN5O3/c1-28(2)36-24-21(13-22(25(24)37-28)33-10-9-20-26(29)30-16-31-27(20)33)18-7-5-6-17(12-18)19-14-32-34(15-19)23-8-3-4-11-35-23/h5-7,9-10,12,14-16,21-25H,3-4,8,11,13H2,1-2H3/t21-,22-,23?,24-,25+/m1/s1. The zero-order valence-corrected chi connectivity index (χ0v) is 21.7. The van der Waals surface area contributed by atoms with Gasteiger partial charge in [-0.15, -0.1) is 0 Å². The molecule has 3 aliphatic rings. The van der Waals surface area contributed by atoms with Gasteiger partial charge >= 0.3 is 0 Å². The van der Waals surface area contributed by atoms with Gasteiger partial charge in [0.05, 0.1) is 23.7 Å². The maximum Gasteiger partial charge on any atom is 0.163 e. The van der Waals surface area contributed by atoms with Gasteiger partial charge in [-0.05, 0) is 56.7 Å². The Morgan fingerprint density at radius 2 is 1.95 bits per heavy atom. The maximum atomic E-state index is 6.51. The van der Waals surface area contributed by atoms with E-state index in [0.29, 0.717) is 5.15 Å². The lowest BCUT2D eigenvalue weighted by Gasteiger charge is -2.25. The Kier molecular flexibility index (Phi) is 5.62. The molecule has 1 aliphatic carbocycles. The van der Waals surface area contributed by atoms with Crippen LogP contribution in [0.4, 0.5) is 0 Å². The number of rotatable bonds is 4. The van der Waals surface area contributed by atoms with Crippen LogP contribution < -0.4 is 0 Å². The van der Waals surface area contributed by atoms with E-state index in [1.165, 1.54) is 18.3 Å². The van der Waals surface area contributed by atoms with Gasteiger partial charge in [0.1, 0.15) is 29.5 Å². The van der Waals surface area contributed by atoms with Gasteiger partial charge in [-0.25, -0.2) is 14.6 Å². The summed E-state index contributed by atoms with van der Waals surface area (Å²) < 4.78 is 23.1. The molecule has 7 rings (SSSR count). The number of hydrogen-bond donors (Lipinski definition) is 0. The molecule has 37 heavy (non-hydrogen) atoms. The molecule has 3 fully saturated rings. The first-order valence-corrected chi connectivity index (χ1v) is 13.4. The molecule has 1 saturated carbocycles. The summed E-state index contributed by atoms with van der Waals surface area (Å²) in [5.74, 6) is -0.483. The van der Waals surface area contributed by atoms with Crippen LogP contribution in [0.1, 0.15) is 63.3 Å². The number of ether oxygens (including phenoxy) is 3. The largest absolute Gasteiger partial charge is 0.357 e. The second kappa shape index (κ2) is 8.91. The third-order valence-electron chi connectivity index (χ3n) is 7.95. The quantitative estimate of drug-likeness (QED) is 0.313. The van der Waals surface area contributed by atoms with Crippen LogP contribution in [0, 0.1) is 0 Å². The summed E-state index contributed by atoms with van der Waals surface area (Å²) in [7, 11) is 0. The van der Waals surface area contributed by atoms with E-state index >= 15 is 0 Å². The van der Waals surface area contributed by atoms with Crippen molar-refractivity contribution in [3.8, 4) is 11.1 Å². The summed E-state index contributed by atoms with van der Waals surface area (Å²) in [4.78, 5) is 8.68. The summed E-state index contributed by atoms with van der Waals surface area (Å²) in [6.07, 6.45) is 11.6. The van der Waals surface area contributed by atoms with Gasteiger partial charge in [-0.1, -0.05) is 35.9 Å². The van der Waals surface area contributed by atoms with Crippen LogP contribution in [-0.4, -0.2) is 48.9 Å². The summed E-state index contributed by atoms with van der Waals surface area (Å²) >= 11 is 6.35. The summed E-state index contributed by atoms with van der Waals surface area (Å²) in [5, 5.41) is 5.93. The predicted molar refractivity (Wildman–Crippen MR) is 139 cm³/mol. The molecule has 4 aromatic rings. The molecule has 2 aliphatic heterocycles. The Labute approximate surface area is 220 Å². The fraction of sp³-hybridized carbons (Fsp3) is 0.464. The lowest BCUT2D eigenvalue weighted by atomic mass is 9.92. The highest BCUT2D eigenvalue weighted by molar-refractivity contribution is 6.33. The third-order valence-corrected chi connectivity index (χ3v) is 8.25. The number of hydrogen-bond acceptors (Lipinski definition) is 6. The number of nitrogens with zero attached hydrogens (tertiary/aromatic N) is 5. The molecule has 9 heteroatoms. The molecule has 2 saturated heterocycles. The molecule has 5 atom stereocenters. The van der Waals surface area contributed by atoms with Crippen molar-refractivity contribution >= 4 is 22.6 Å². The van der Waals surface area contributed by atoms with Crippen LogP contribution in [0.15, 0.2) is 55.2 Å². The van der Waals surface area contributed by atoms with E-state index in [0.717, 1.165) is 48.0 Å². The van der Waals surface area contributed by atoms with E-state index in [9.17, 15) is 0 Å². The summed E-state index contributed by atoms with van der Waals surface area (Å²) in [5.41, 5.74) is 4.29. The predicted octanol–water partition coefficient (Wildman–Crippen LogP) is 5.90. The molecule has 192 valence electrons. The highest BCUT2D eigenvalue weighted by Crippen LogP contribution is 2.51. The molecule has 5 heterocycles. The van der Waals surface area contributed by atoms with Crippen molar-refractivity contribution in [1.29, 1.82) is 0 Å². The van der Waals surface area contributed by atoms with Gasteiger partial charge in [0.15, 0.2) is 5.79 Å². The summed E-state index contributed by atoms with van der Waals surface area (Å²) in [6.45, 7) is 4.78. The number of halogens is 1. The van der Waals surface area contributed by atoms with E-state index in [2.05, 4.69) is 50.1 Å². The second-order valence-electron chi connectivity index (χ2n) is 10.8. The first-order chi connectivity index (χ1) is 18.0. The van der Waals surface area contributed by atoms with Crippen molar-refractivity contribution in [3.05, 3.63) is 66.0 Å². The van der Waals surface area contributed by atoms with Crippen LogP contribution in [0.5, 0.6) is 0 Å². The Morgan fingerprint density at radius 3 is 2.81 bits per heavy atom. The average molecular weight is 520 g/mol. The highest BCUT2D eigenvalue weighted by Gasteiger charge is 2.55. The third kappa shape index (κ3) is 4.07. The Balaban J connectivity index is 1.22. The van der Waals surface area contributed by atoms with Crippen LogP contribution >= 0.6 is 11.6 Å². The first-order valence-electron chi connectivity index (χ1n) is 13.1. The molecule has 3 aromatic heterocycles. The van der Waals surface area contributed by atoms with Gasteiger partial charge in [-0.3, -0.25) is 0 Å². The Bertz CT molecular complexity index is 1440. The zero-order chi connectivity index (χ0) is 25.1. The first kappa shape index (κ1) is 23.3. The number of fused-ring (bicyclic) bond motifs is 2. The van der Waals surface area contributed by atoms with Gasteiger partial charge in [-0.2, -0.15) is 5.10 Å². The topological polar surface area (TPSA) is 76.2 Å². The summed E-state index contributed by atoms with van der Waals surface area (Å²) in [6, 6.07) is 10.8. The van der Waals surface area contributed by atoms with E-state index in [-0.39, 0.29) is 30.4 Å². The molecule has 0 amide bonds. The minimum atomic E-state index is -0.652. The molecule has 1 unspecified atom stereocenters. The minimum absolute atomic E-state index is 0.0296. The van der Waals surface area contributed by atoms with Gasteiger partial charge in [0.2, 0.25) is 0 Å². The Hall–Kier alpha value is -2.78. The Morgan fingerprint density at radius 1 is 1.05 bits per heavy atom. The fourth-order valence-electron chi connectivity index (χ4n) is 6.29. The van der Waals surface area contributed by atoms with Crippen molar-refractivity contribution in [1.82, 2.24) is 24.3 Å². The molecule has 0 radical (unpaired) electrons. The molecular weight excluding hydrogens is 490 g/mol. The average Bonchev–Trinajstić information content (AvgIpc) is 3.67. The smallest absolute Gasteiger partial charge is 0.163 e. The van der Waals surface area contributed by atoms with E-state index in [1.807, 2.05) is 37.0 Å².